The van der Waals surface area contributed by atoms with Gasteiger partial charge in [0.1, 0.15) is 6.10 Å². The lowest BCUT2D eigenvalue weighted by Gasteiger charge is -2.40. The highest BCUT2D eigenvalue weighted by Crippen LogP contribution is 2.60. The fraction of sp³-hybridized carbons (Fsp3) is 0.700. The van der Waals surface area contributed by atoms with Crippen LogP contribution >= 0.6 is 35.2 Å². The molecule has 23 nitrogen and oxygen atoms in total. The van der Waals surface area contributed by atoms with Crippen LogP contribution in [0.15, 0.2) is 21.9 Å². The number of H-pyrrole nitrogens is 1. The quantitative estimate of drug-likeness (QED) is 0.0409. The number of thioether (sulfide) groups is 1. The van der Waals surface area contributed by atoms with Gasteiger partial charge in [0.05, 0.1) is 50.8 Å². The monoisotopic (exact) mass is 886 g/mol. The van der Waals surface area contributed by atoms with E-state index in [-0.39, 0.29) is 55.1 Å². The summed E-state index contributed by atoms with van der Waals surface area (Å²) in [5.41, 5.74) is -1.57. The number of rotatable bonds is 22. The topological polar surface area (TPSA) is 355 Å². The van der Waals surface area contributed by atoms with Crippen molar-refractivity contribution in [3.8, 4) is 0 Å². The van der Waals surface area contributed by atoms with Gasteiger partial charge in [0, 0.05) is 49.0 Å². The first-order chi connectivity index (χ1) is 26.7. The van der Waals surface area contributed by atoms with Gasteiger partial charge in [0.15, 0.2) is 0 Å². The highest BCUT2D eigenvalue weighted by molar-refractivity contribution is 8.00. The second kappa shape index (κ2) is 21.0. The van der Waals surface area contributed by atoms with Crippen molar-refractivity contribution in [2.24, 2.45) is 5.92 Å². The van der Waals surface area contributed by atoms with Crippen molar-refractivity contribution in [2.45, 2.75) is 93.9 Å². The molecule has 0 radical (unpaired) electrons. The van der Waals surface area contributed by atoms with Gasteiger partial charge >= 0.3 is 11.7 Å². The summed E-state index contributed by atoms with van der Waals surface area (Å²) in [5.74, 6) is -0.192. The molecule has 9 unspecified atom stereocenters. The number of aliphatic hydroxyl groups excluding tert-OH is 1. The predicted molar refractivity (Wildman–Crippen MR) is 194 cm³/mol. The Labute approximate surface area is 330 Å². The summed E-state index contributed by atoms with van der Waals surface area (Å²) in [6.45, 7) is 0.704. The van der Waals surface area contributed by atoms with E-state index in [1.807, 2.05) is 11.8 Å². The van der Waals surface area contributed by atoms with E-state index in [1.54, 1.807) is 0 Å². The van der Waals surface area contributed by atoms with E-state index in [2.05, 4.69) is 39.4 Å². The van der Waals surface area contributed by atoms with E-state index in [0.717, 1.165) is 36.0 Å². The molecule has 0 aromatic carbocycles. The van der Waals surface area contributed by atoms with E-state index in [1.165, 1.54) is 25.3 Å². The SMILES string of the molecule is CC1C(O)C(COP(=O)([O-])OP(=O)([O-])OP(=O)([O-])[O-])OCC1n1cc(/C=C/CNC(=O)CCCCCNC(=O)CCCCC2SCC3NC(=O)NC32)c(=O)[nH]c1=O. The molecule has 1 aromatic heterocycles. The van der Waals surface area contributed by atoms with Crippen molar-refractivity contribution in [3.05, 3.63) is 38.7 Å². The van der Waals surface area contributed by atoms with Gasteiger partial charge in [-0.3, -0.25) is 37.4 Å². The molecule has 0 saturated carbocycles. The van der Waals surface area contributed by atoms with Crippen molar-refractivity contribution in [3.63, 3.8) is 0 Å². The van der Waals surface area contributed by atoms with Gasteiger partial charge in [-0.05, 0) is 25.7 Å². The van der Waals surface area contributed by atoms with Gasteiger partial charge in [0.2, 0.25) is 11.8 Å². The predicted octanol–water partition coefficient (Wildman–Crippen LogP) is -2.18. The Bertz CT molecular complexity index is 1880. The molecule has 27 heteroatoms. The smallest absolute Gasteiger partial charge is 0.328 e. The van der Waals surface area contributed by atoms with Crippen LogP contribution in [0.2, 0.25) is 0 Å². The summed E-state index contributed by atoms with van der Waals surface area (Å²) in [7, 11) is -18.2. The van der Waals surface area contributed by atoms with Crippen LogP contribution in [0.4, 0.5) is 4.79 Å². The molecule has 0 spiro atoms. The molecular weight excluding hydrogens is 841 g/mol. The maximum atomic E-state index is 12.7. The highest BCUT2D eigenvalue weighted by atomic mass is 32.2. The molecular formula is C30H45N6O17P3S-4. The third-order valence-corrected chi connectivity index (χ3v) is 14.5. The van der Waals surface area contributed by atoms with Gasteiger partial charge in [-0.1, -0.05) is 31.9 Å². The summed E-state index contributed by atoms with van der Waals surface area (Å²) in [6.07, 6.45) is 6.45. The standard InChI is InChI=1S/C30H49N6O17P3S/c1-18-21(15-50-22(27(18)39)16-51-55(46,47)53-56(48,49)52-54(43,44)45)36-14-19(28(40)35-30(36)42)8-7-13-32-24(37)10-3-2-6-12-31-25(38)11-5-4-9-23-26-20(17-57-23)33-29(41)34-26/h7-8,14,18,20-23,26-27,39H,2-6,9-13,15-17H2,1H3,(H,31,38)(H,32,37)(H,46,47)(H,48,49)(H2,33,34,41)(H,35,40,42)(H2,43,44,45)/p-4/b8-7+. The third-order valence-electron chi connectivity index (χ3n) is 9.36. The number of carbonyl (C=O) groups excluding carboxylic acids is 3. The lowest BCUT2D eigenvalue weighted by Crippen LogP contribution is -2.50. The number of carbonyl (C=O) groups is 3. The molecule has 3 saturated heterocycles. The number of aliphatic hydroxyl groups is 1. The maximum Gasteiger partial charge on any atom is 0.328 e. The summed E-state index contributed by atoms with van der Waals surface area (Å²) in [6, 6.07) is -0.667. The number of ether oxygens (including phenoxy) is 1. The molecule has 6 N–H and O–H groups in total. The summed E-state index contributed by atoms with van der Waals surface area (Å²) in [5, 5.41) is 22.6. The molecule has 4 amide bonds. The summed E-state index contributed by atoms with van der Waals surface area (Å²) in [4.78, 5) is 107. The van der Waals surface area contributed by atoms with Gasteiger partial charge in [-0.2, -0.15) is 11.8 Å². The summed E-state index contributed by atoms with van der Waals surface area (Å²) >= 11 is 1.85. The fourth-order valence-electron chi connectivity index (χ4n) is 6.46. The second-order valence-electron chi connectivity index (χ2n) is 13.6. The first kappa shape index (κ1) is 47.0. The number of urea groups is 1. The molecule has 57 heavy (non-hydrogen) atoms. The molecule has 4 rings (SSSR count). The average Bonchev–Trinajstić information content (AvgIpc) is 3.65. The van der Waals surface area contributed by atoms with Crippen LogP contribution in [0.1, 0.15) is 69.9 Å². The van der Waals surface area contributed by atoms with E-state index < -0.39 is 65.5 Å². The average molecular weight is 887 g/mol. The Morgan fingerprint density at radius 2 is 1.70 bits per heavy atom. The van der Waals surface area contributed by atoms with E-state index in [9.17, 15) is 62.3 Å². The molecule has 1 aromatic rings. The Kier molecular flexibility index (Phi) is 17.3. The Morgan fingerprint density at radius 1 is 1.00 bits per heavy atom. The van der Waals surface area contributed by atoms with Crippen LogP contribution in [0.5, 0.6) is 0 Å². The molecule has 3 aliphatic rings. The number of aromatic nitrogens is 2. The van der Waals surface area contributed by atoms with Crippen molar-refractivity contribution in [1.29, 1.82) is 0 Å². The van der Waals surface area contributed by atoms with E-state index in [0.29, 0.717) is 31.1 Å². The van der Waals surface area contributed by atoms with E-state index in [4.69, 9.17) is 4.74 Å². The van der Waals surface area contributed by atoms with Gasteiger partial charge in [-0.15, -0.1) is 0 Å². The molecule has 4 heterocycles. The van der Waals surface area contributed by atoms with Crippen LogP contribution in [0.25, 0.3) is 6.08 Å². The Morgan fingerprint density at radius 3 is 2.42 bits per heavy atom. The number of hydrogen-bond acceptors (Lipinski definition) is 18. The number of hydrogen-bond donors (Lipinski definition) is 6. The normalized spacial score (nSPS) is 26.9. The number of fused-ring (bicyclic) bond motifs is 1. The number of nitrogens with zero attached hydrogens (tertiary/aromatic N) is 1. The first-order valence-corrected chi connectivity index (χ1v) is 23.4. The number of phosphoric ester groups is 1. The molecule has 322 valence electrons. The van der Waals surface area contributed by atoms with Crippen molar-refractivity contribution >= 4 is 59.2 Å². The minimum atomic E-state index is -6.19. The Hall–Kier alpha value is -2.69. The minimum absolute atomic E-state index is 0.0173. The third kappa shape index (κ3) is 15.1. The van der Waals surface area contributed by atoms with Crippen LogP contribution in [-0.2, 0) is 41.2 Å². The van der Waals surface area contributed by atoms with Gasteiger partial charge in [0.25, 0.3) is 21.2 Å². The van der Waals surface area contributed by atoms with E-state index >= 15 is 0 Å². The molecule has 3 fully saturated rings. The Balaban J connectivity index is 1.11. The lowest BCUT2D eigenvalue weighted by atomic mass is 9.90. The second-order valence-corrected chi connectivity index (χ2v) is 19.1. The number of phosphoric acid groups is 3. The zero-order valence-electron chi connectivity index (χ0n) is 30.6. The largest absolute Gasteiger partial charge is 0.790 e. The maximum absolute atomic E-state index is 12.7. The van der Waals surface area contributed by atoms with Crippen LogP contribution in [0, 0.1) is 5.92 Å². The fourth-order valence-corrected chi connectivity index (χ4v) is 10.9. The highest BCUT2D eigenvalue weighted by Gasteiger charge is 2.42. The van der Waals surface area contributed by atoms with Crippen molar-refractivity contribution in [1.82, 2.24) is 30.8 Å². The van der Waals surface area contributed by atoms with Gasteiger partial charge < -0.3 is 59.8 Å². The van der Waals surface area contributed by atoms with Crippen LogP contribution in [-0.4, -0.2) is 94.1 Å². The minimum Gasteiger partial charge on any atom is -0.790 e. The number of unbranched alkanes of at least 4 members (excludes halogenated alkanes) is 3. The molecule has 0 bridgehead atoms. The van der Waals surface area contributed by atoms with Crippen LogP contribution < -0.4 is 52.1 Å². The number of amides is 4. The van der Waals surface area contributed by atoms with Crippen molar-refractivity contribution in [2.75, 3.05) is 32.1 Å². The lowest BCUT2D eigenvalue weighted by molar-refractivity contribution is -0.339. The number of nitrogens with one attached hydrogen (secondary N) is 5. The molecule has 3 aliphatic heterocycles. The number of aromatic amines is 1. The van der Waals surface area contributed by atoms with Crippen molar-refractivity contribution < 1.29 is 70.6 Å². The first-order valence-electron chi connectivity index (χ1n) is 18.0. The molecule has 9 atom stereocenters. The molecule has 0 aliphatic carbocycles. The zero-order chi connectivity index (χ0) is 42.0. The summed E-state index contributed by atoms with van der Waals surface area (Å²) < 4.78 is 51.2. The van der Waals surface area contributed by atoms with Crippen LogP contribution in [0.3, 0.4) is 0 Å². The van der Waals surface area contributed by atoms with Gasteiger partial charge in [-0.25, -0.2) is 13.9 Å². The zero-order valence-corrected chi connectivity index (χ0v) is 34.1.